The van der Waals surface area contributed by atoms with Gasteiger partial charge in [0.15, 0.2) is 0 Å². The van der Waals surface area contributed by atoms with Crippen molar-refractivity contribution in [2.45, 2.75) is 38.8 Å². The van der Waals surface area contributed by atoms with Crippen molar-refractivity contribution in [1.29, 1.82) is 0 Å². The lowest BCUT2D eigenvalue weighted by molar-refractivity contribution is -0.178. The predicted octanol–water partition coefficient (Wildman–Crippen LogP) is 6.57. The van der Waals surface area contributed by atoms with Crippen molar-refractivity contribution in [2.75, 3.05) is 5.32 Å². The molecule has 2 N–H and O–H groups in total. The first-order valence-corrected chi connectivity index (χ1v) is 10.3. The van der Waals surface area contributed by atoms with Crippen molar-refractivity contribution in [3.05, 3.63) is 63.6 Å². The fourth-order valence-electron chi connectivity index (χ4n) is 3.22. The molecule has 3 atom stereocenters. The van der Waals surface area contributed by atoms with Crippen LogP contribution in [0.5, 0.6) is 0 Å². The lowest BCUT2D eigenvalue weighted by Gasteiger charge is -2.26. The molecule has 0 aliphatic heterocycles. The van der Waals surface area contributed by atoms with Crippen LogP contribution in [-0.4, -0.2) is 23.2 Å². The third-order valence-corrected chi connectivity index (χ3v) is 5.72. The lowest BCUT2D eigenvalue weighted by atomic mass is 9.85. The Kier molecular flexibility index (Phi) is 8.37. The largest absolute Gasteiger partial charge is 0.481 e. The zero-order valence-electron chi connectivity index (χ0n) is 16.8. The number of alkyl halides is 3. The minimum Gasteiger partial charge on any atom is -0.481 e. The molecule has 4 nitrogen and oxygen atoms in total. The maximum absolute atomic E-state index is 13.5. The van der Waals surface area contributed by atoms with E-state index in [1.165, 1.54) is 36.4 Å². The van der Waals surface area contributed by atoms with E-state index in [9.17, 15) is 27.9 Å². The van der Waals surface area contributed by atoms with Crippen LogP contribution in [0.3, 0.4) is 0 Å². The predicted molar refractivity (Wildman–Crippen MR) is 115 cm³/mol. The van der Waals surface area contributed by atoms with Gasteiger partial charge in [0, 0.05) is 5.02 Å². The van der Waals surface area contributed by atoms with Gasteiger partial charge in [0.1, 0.15) is 0 Å². The SMILES string of the molecule is CC[C@@H](Cc1ccc(Cl)c(NC(=O)[C@H](c2ccc(Cl)cc2)[C@@H](C)C(F)(F)F)c1)C(=O)O. The third-order valence-electron chi connectivity index (χ3n) is 5.14. The second-order valence-corrected chi connectivity index (χ2v) is 8.15. The fraction of sp³-hybridized carbons (Fsp3) is 0.364. The number of anilines is 1. The molecular weight excluding hydrogens is 454 g/mol. The number of carbonyl (C=O) groups excluding carboxylic acids is 1. The van der Waals surface area contributed by atoms with Crippen molar-refractivity contribution < 1.29 is 27.9 Å². The van der Waals surface area contributed by atoms with E-state index in [0.717, 1.165) is 6.92 Å². The smallest absolute Gasteiger partial charge is 0.392 e. The molecule has 9 heteroatoms. The van der Waals surface area contributed by atoms with Gasteiger partial charge in [-0.15, -0.1) is 0 Å². The molecule has 2 aromatic carbocycles. The first-order chi connectivity index (χ1) is 14.4. The van der Waals surface area contributed by atoms with Crippen LogP contribution in [0.2, 0.25) is 10.0 Å². The molecule has 2 rings (SSSR count). The van der Waals surface area contributed by atoms with Gasteiger partial charge in [0.2, 0.25) is 5.91 Å². The van der Waals surface area contributed by atoms with Crippen molar-refractivity contribution in [2.24, 2.45) is 11.8 Å². The highest BCUT2D eigenvalue weighted by Gasteiger charge is 2.45. The second kappa shape index (κ2) is 10.4. The first-order valence-electron chi connectivity index (χ1n) is 9.58. The van der Waals surface area contributed by atoms with Gasteiger partial charge in [-0.1, -0.05) is 55.2 Å². The topological polar surface area (TPSA) is 66.4 Å². The summed E-state index contributed by atoms with van der Waals surface area (Å²) < 4.78 is 40.4. The minimum atomic E-state index is -4.61. The first kappa shape index (κ1) is 25.0. The second-order valence-electron chi connectivity index (χ2n) is 7.31. The van der Waals surface area contributed by atoms with Crippen LogP contribution in [0.1, 0.15) is 37.3 Å². The van der Waals surface area contributed by atoms with Crippen LogP contribution in [-0.2, 0) is 16.0 Å². The number of amides is 1. The zero-order valence-corrected chi connectivity index (χ0v) is 18.4. The molecule has 0 heterocycles. The summed E-state index contributed by atoms with van der Waals surface area (Å²) in [6, 6.07) is 10.2. The monoisotopic (exact) mass is 475 g/mol. The molecule has 0 aliphatic rings. The van der Waals surface area contributed by atoms with E-state index in [2.05, 4.69) is 5.32 Å². The molecular formula is C22H22Cl2F3NO3. The van der Waals surface area contributed by atoms with Gasteiger partial charge in [-0.3, -0.25) is 9.59 Å². The van der Waals surface area contributed by atoms with Crippen molar-refractivity contribution >= 4 is 40.8 Å². The van der Waals surface area contributed by atoms with Crippen molar-refractivity contribution in [3.8, 4) is 0 Å². The molecule has 0 aliphatic carbocycles. The molecule has 0 radical (unpaired) electrons. The number of carbonyl (C=O) groups is 2. The summed E-state index contributed by atoms with van der Waals surface area (Å²) in [6.07, 6.45) is -4.00. The van der Waals surface area contributed by atoms with Crippen LogP contribution >= 0.6 is 23.2 Å². The summed E-state index contributed by atoms with van der Waals surface area (Å²) in [6.45, 7) is 2.68. The third kappa shape index (κ3) is 6.61. The Balaban J connectivity index is 2.35. The summed E-state index contributed by atoms with van der Waals surface area (Å²) in [7, 11) is 0. The number of rotatable bonds is 8. The van der Waals surface area contributed by atoms with Crippen molar-refractivity contribution in [3.63, 3.8) is 0 Å². The van der Waals surface area contributed by atoms with E-state index >= 15 is 0 Å². The zero-order chi connectivity index (χ0) is 23.3. The van der Waals surface area contributed by atoms with Gasteiger partial charge < -0.3 is 10.4 Å². The Morgan fingerprint density at radius 1 is 1.10 bits per heavy atom. The van der Waals surface area contributed by atoms with E-state index in [1.807, 2.05) is 0 Å². The van der Waals surface area contributed by atoms with Gasteiger partial charge in [-0.2, -0.15) is 13.2 Å². The number of hydrogen-bond acceptors (Lipinski definition) is 2. The number of aliphatic carboxylic acids is 1. The van der Waals surface area contributed by atoms with E-state index < -0.39 is 35.8 Å². The van der Waals surface area contributed by atoms with Gasteiger partial charge in [-0.25, -0.2) is 0 Å². The normalized spacial score (nSPS) is 14.5. The Hall–Kier alpha value is -2.25. The lowest BCUT2D eigenvalue weighted by Crippen LogP contribution is -2.34. The molecule has 0 bridgehead atoms. The summed E-state index contributed by atoms with van der Waals surface area (Å²) in [5.74, 6) is -5.95. The van der Waals surface area contributed by atoms with Gasteiger partial charge in [0.25, 0.3) is 0 Å². The maximum atomic E-state index is 13.5. The number of benzene rings is 2. The quantitative estimate of drug-likeness (QED) is 0.453. The molecule has 1 amide bonds. The molecule has 0 saturated carbocycles. The molecule has 0 fully saturated rings. The molecule has 31 heavy (non-hydrogen) atoms. The Labute approximate surface area is 188 Å². The average molecular weight is 476 g/mol. The molecule has 0 saturated heterocycles. The van der Waals surface area contributed by atoms with Crippen LogP contribution in [0.25, 0.3) is 0 Å². The summed E-state index contributed by atoms with van der Waals surface area (Å²) in [4.78, 5) is 24.2. The number of hydrogen-bond donors (Lipinski definition) is 2. The maximum Gasteiger partial charge on any atom is 0.392 e. The average Bonchev–Trinajstić information content (AvgIpc) is 2.69. The molecule has 0 spiro atoms. The van der Waals surface area contributed by atoms with E-state index in [0.29, 0.717) is 17.0 Å². The number of carboxylic acids is 1. The van der Waals surface area contributed by atoms with Gasteiger partial charge >= 0.3 is 12.1 Å². The van der Waals surface area contributed by atoms with E-state index in [-0.39, 0.29) is 22.7 Å². The highest BCUT2D eigenvalue weighted by atomic mass is 35.5. The summed E-state index contributed by atoms with van der Waals surface area (Å²) in [5.41, 5.74) is 0.884. The Bertz CT molecular complexity index is 933. The van der Waals surface area contributed by atoms with Crippen LogP contribution in [0.4, 0.5) is 18.9 Å². The minimum absolute atomic E-state index is 0.123. The van der Waals surface area contributed by atoms with E-state index in [4.69, 9.17) is 23.2 Å². The van der Waals surface area contributed by atoms with Crippen LogP contribution < -0.4 is 5.32 Å². The van der Waals surface area contributed by atoms with Crippen LogP contribution in [0.15, 0.2) is 42.5 Å². The Morgan fingerprint density at radius 2 is 1.71 bits per heavy atom. The fourth-order valence-corrected chi connectivity index (χ4v) is 3.51. The molecule has 0 aromatic heterocycles. The summed E-state index contributed by atoms with van der Waals surface area (Å²) >= 11 is 12.0. The van der Waals surface area contributed by atoms with Crippen LogP contribution in [0, 0.1) is 11.8 Å². The molecule has 2 aromatic rings. The number of halogens is 5. The van der Waals surface area contributed by atoms with Crippen molar-refractivity contribution in [1.82, 2.24) is 0 Å². The molecule has 0 unspecified atom stereocenters. The number of nitrogens with one attached hydrogen (secondary N) is 1. The van der Waals surface area contributed by atoms with Gasteiger partial charge in [-0.05, 0) is 48.2 Å². The highest BCUT2D eigenvalue weighted by Crippen LogP contribution is 2.39. The molecule has 168 valence electrons. The number of carboxylic acid groups (broad SMARTS) is 1. The Morgan fingerprint density at radius 3 is 2.23 bits per heavy atom. The summed E-state index contributed by atoms with van der Waals surface area (Å²) in [5, 5.41) is 12.2. The van der Waals surface area contributed by atoms with Gasteiger partial charge in [0.05, 0.1) is 28.5 Å². The standard InChI is InChI=1S/C22H22Cl2F3NO3/c1-3-14(21(30)31)10-13-4-9-17(24)18(11-13)28-20(29)19(12(2)22(25,26)27)15-5-7-16(23)8-6-15/h4-9,11-12,14,19H,3,10H2,1-2H3,(H,28,29)(H,30,31)/t12-,14+,19+/m1/s1. The van der Waals surface area contributed by atoms with E-state index in [1.54, 1.807) is 13.0 Å². The highest BCUT2D eigenvalue weighted by molar-refractivity contribution is 6.33.